The summed E-state index contributed by atoms with van der Waals surface area (Å²) in [7, 11) is 2.12. The summed E-state index contributed by atoms with van der Waals surface area (Å²) in [6, 6.07) is 18.1. The molecule has 0 radical (unpaired) electrons. The Morgan fingerprint density at radius 3 is 2.57 bits per heavy atom. The highest BCUT2D eigenvalue weighted by Gasteiger charge is 2.05. The maximum atomic E-state index is 9.50. The van der Waals surface area contributed by atoms with Crippen LogP contribution in [-0.2, 0) is 0 Å². The standard InChI is InChI=1S/C18H24N2O/c1-15(16-8-6-11-18(21)14-16)19-12-7-13-20(2)17-9-4-3-5-10-17/h3-6,8-11,14-15,19,21H,7,12-13H2,1-2H3. The molecule has 0 heterocycles. The van der Waals surface area contributed by atoms with Crippen molar-refractivity contribution < 1.29 is 5.11 Å². The average molecular weight is 284 g/mol. The Morgan fingerprint density at radius 2 is 1.86 bits per heavy atom. The van der Waals surface area contributed by atoms with E-state index in [1.54, 1.807) is 6.07 Å². The maximum Gasteiger partial charge on any atom is 0.115 e. The number of phenolic OH excluding ortho intramolecular Hbond substituents is 1. The molecule has 2 N–H and O–H groups in total. The summed E-state index contributed by atoms with van der Waals surface area (Å²) >= 11 is 0. The van der Waals surface area contributed by atoms with Gasteiger partial charge in [-0.3, -0.25) is 0 Å². The molecule has 1 unspecified atom stereocenters. The number of benzene rings is 2. The zero-order chi connectivity index (χ0) is 15.1. The van der Waals surface area contributed by atoms with Gasteiger partial charge >= 0.3 is 0 Å². The molecule has 3 heteroatoms. The topological polar surface area (TPSA) is 35.5 Å². The Bertz CT molecular complexity index is 542. The molecule has 2 rings (SSSR count). The molecule has 0 saturated heterocycles. The molecule has 1 atom stereocenters. The van der Waals surface area contributed by atoms with Gasteiger partial charge in [0.1, 0.15) is 5.75 Å². The molecule has 0 fully saturated rings. The number of anilines is 1. The number of hydrogen-bond donors (Lipinski definition) is 2. The molecule has 112 valence electrons. The lowest BCUT2D eigenvalue weighted by Crippen LogP contribution is -2.25. The van der Waals surface area contributed by atoms with Gasteiger partial charge in [-0.05, 0) is 49.7 Å². The zero-order valence-corrected chi connectivity index (χ0v) is 12.8. The molecule has 0 aliphatic heterocycles. The van der Waals surface area contributed by atoms with Crippen LogP contribution in [0.4, 0.5) is 5.69 Å². The van der Waals surface area contributed by atoms with E-state index in [-0.39, 0.29) is 6.04 Å². The highest BCUT2D eigenvalue weighted by atomic mass is 16.3. The number of para-hydroxylation sites is 1. The molecular formula is C18H24N2O. The molecule has 0 saturated carbocycles. The molecular weight excluding hydrogens is 260 g/mol. The van der Waals surface area contributed by atoms with Gasteiger partial charge < -0.3 is 15.3 Å². The largest absolute Gasteiger partial charge is 0.508 e. The summed E-state index contributed by atoms with van der Waals surface area (Å²) in [6.07, 6.45) is 1.08. The van der Waals surface area contributed by atoms with E-state index in [9.17, 15) is 5.11 Å². The lowest BCUT2D eigenvalue weighted by atomic mass is 10.1. The fraction of sp³-hybridized carbons (Fsp3) is 0.333. The maximum absolute atomic E-state index is 9.50. The van der Waals surface area contributed by atoms with Gasteiger partial charge in [-0.2, -0.15) is 0 Å². The fourth-order valence-electron chi connectivity index (χ4n) is 2.36. The third-order valence-electron chi connectivity index (χ3n) is 3.69. The van der Waals surface area contributed by atoms with Crippen molar-refractivity contribution in [1.82, 2.24) is 5.32 Å². The summed E-state index contributed by atoms with van der Waals surface area (Å²) in [4.78, 5) is 2.26. The predicted octanol–water partition coefficient (Wildman–Crippen LogP) is 3.57. The first-order chi connectivity index (χ1) is 10.2. The van der Waals surface area contributed by atoms with Gasteiger partial charge in [0.2, 0.25) is 0 Å². The molecule has 0 aromatic heterocycles. The second kappa shape index (κ2) is 7.70. The second-order valence-corrected chi connectivity index (χ2v) is 5.38. The van der Waals surface area contributed by atoms with Crippen molar-refractivity contribution in [3.63, 3.8) is 0 Å². The van der Waals surface area contributed by atoms with Crippen LogP contribution in [0.25, 0.3) is 0 Å². The van der Waals surface area contributed by atoms with Crippen LogP contribution in [0.3, 0.4) is 0 Å². The van der Waals surface area contributed by atoms with Crippen molar-refractivity contribution >= 4 is 5.69 Å². The zero-order valence-electron chi connectivity index (χ0n) is 12.8. The minimum absolute atomic E-state index is 0.249. The number of nitrogens with one attached hydrogen (secondary N) is 1. The number of hydrogen-bond acceptors (Lipinski definition) is 3. The Kier molecular flexibility index (Phi) is 5.64. The van der Waals surface area contributed by atoms with E-state index in [0.717, 1.165) is 25.1 Å². The van der Waals surface area contributed by atoms with E-state index < -0.39 is 0 Å². The monoisotopic (exact) mass is 284 g/mol. The van der Waals surface area contributed by atoms with Crippen molar-refractivity contribution in [3.05, 3.63) is 60.2 Å². The normalized spacial score (nSPS) is 12.1. The molecule has 0 amide bonds. The Labute approximate surface area is 127 Å². The number of nitrogens with zero attached hydrogens (tertiary/aromatic N) is 1. The lowest BCUT2D eigenvalue weighted by molar-refractivity contribution is 0.472. The summed E-state index contributed by atoms with van der Waals surface area (Å²) < 4.78 is 0. The highest BCUT2D eigenvalue weighted by molar-refractivity contribution is 5.44. The van der Waals surface area contributed by atoms with E-state index in [1.807, 2.05) is 24.3 Å². The van der Waals surface area contributed by atoms with Crippen molar-refractivity contribution in [3.8, 4) is 5.75 Å². The Balaban J connectivity index is 1.72. The second-order valence-electron chi connectivity index (χ2n) is 5.38. The van der Waals surface area contributed by atoms with Crippen molar-refractivity contribution in [2.45, 2.75) is 19.4 Å². The SMILES string of the molecule is CC(NCCCN(C)c1ccccc1)c1cccc(O)c1. The Hall–Kier alpha value is -2.00. The summed E-state index contributed by atoms with van der Waals surface area (Å²) in [5.41, 5.74) is 2.37. The third kappa shape index (κ3) is 4.80. The average Bonchev–Trinajstić information content (AvgIpc) is 2.52. The Morgan fingerprint density at radius 1 is 1.10 bits per heavy atom. The van der Waals surface area contributed by atoms with Crippen LogP contribution < -0.4 is 10.2 Å². The molecule has 3 nitrogen and oxygen atoms in total. The molecule has 0 spiro atoms. The first kappa shape index (κ1) is 15.4. The molecule has 0 bridgehead atoms. The smallest absolute Gasteiger partial charge is 0.115 e. The van der Waals surface area contributed by atoms with Crippen molar-refractivity contribution in [2.24, 2.45) is 0 Å². The van der Waals surface area contributed by atoms with Crippen LogP contribution in [0, 0.1) is 0 Å². The number of phenols is 1. The molecule has 0 aliphatic rings. The lowest BCUT2D eigenvalue weighted by Gasteiger charge is -2.20. The van der Waals surface area contributed by atoms with Crippen LogP contribution in [0.15, 0.2) is 54.6 Å². The molecule has 21 heavy (non-hydrogen) atoms. The van der Waals surface area contributed by atoms with Crippen LogP contribution >= 0.6 is 0 Å². The van der Waals surface area contributed by atoms with Gasteiger partial charge in [-0.25, -0.2) is 0 Å². The van der Waals surface area contributed by atoms with E-state index in [0.29, 0.717) is 5.75 Å². The molecule has 0 aliphatic carbocycles. The minimum Gasteiger partial charge on any atom is -0.508 e. The highest BCUT2D eigenvalue weighted by Crippen LogP contribution is 2.17. The summed E-state index contributed by atoms with van der Waals surface area (Å²) in [6.45, 7) is 4.09. The molecule has 2 aromatic carbocycles. The van der Waals surface area contributed by atoms with Gasteiger partial charge in [0.15, 0.2) is 0 Å². The van der Waals surface area contributed by atoms with E-state index in [4.69, 9.17) is 0 Å². The fourth-order valence-corrected chi connectivity index (χ4v) is 2.36. The van der Waals surface area contributed by atoms with E-state index >= 15 is 0 Å². The van der Waals surface area contributed by atoms with Crippen LogP contribution in [0.1, 0.15) is 24.9 Å². The number of aromatic hydroxyl groups is 1. The summed E-state index contributed by atoms with van der Waals surface area (Å²) in [5.74, 6) is 0.324. The van der Waals surface area contributed by atoms with Gasteiger partial charge in [0.05, 0.1) is 0 Å². The first-order valence-electron chi connectivity index (χ1n) is 7.45. The van der Waals surface area contributed by atoms with Gasteiger partial charge in [-0.1, -0.05) is 30.3 Å². The predicted molar refractivity (Wildman–Crippen MR) is 88.9 cm³/mol. The van der Waals surface area contributed by atoms with E-state index in [2.05, 4.69) is 48.5 Å². The first-order valence-corrected chi connectivity index (χ1v) is 7.45. The van der Waals surface area contributed by atoms with Gasteiger partial charge in [0, 0.05) is 25.3 Å². The van der Waals surface area contributed by atoms with Crippen LogP contribution in [0.2, 0.25) is 0 Å². The quantitative estimate of drug-likeness (QED) is 0.763. The van der Waals surface area contributed by atoms with Gasteiger partial charge in [0.25, 0.3) is 0 Å². The van der Waals surface area contributed by atoms with Crippen molar-refractivity contribution in [1.29, 1.82) is 0 Å². The van der Waals surface area contributed by atoms with Crippen LogP contribution in [-0.4, -0.2) is 25.2 Å². The molecule has 2 aromatic rings. The third-order valence-corrected chi connectivity index (χ3v) is 3.69. The minimum atomic E-state index is 0.249. The number of rotatable bonds is 7. The van der Waals surface area contributed by atoms with Gasteiger partial charge in [-0.15, -0.1) is 0 Å². The summed E-state index contributed by atoms with van der Waals surface area (Å²) in [5, 5.41) is 13.0. The van der Waals surface area contributed by atoms with Crippen LogP contribution in [0.5, 0.6) is 5.75 Å². The van der Waals surface area contributed by atoms with E-state index in [1.165, 1.54) is 5.69 Å². The van der Waals surface area contributed by atoms with Crippen molar-refractivity contribution in [2.75, 3.05) is 25.0 Å².